The Morgan fingerprint density at radius 1 is 1.46 bits per heavy atom. The van der Waals surface area contributed by atoms with Crippen molar-refractivity contribution in [3.63, 3.8) is 0 Å². The molecule has 1 amide bonds. The fraction of sp³-hybridized carbons (Fsp3) is 0.500. The van der Waals surface area contributed by atoms with Crippen molar-refractivity contribution in [2.24, 2.45) is 5.92 Å². The van der Waals surface area contributed by atoms with Gasteiger partial charge >= 0.3 is 0 Å². The van der Waals surface area contributed by atoms with E-state index in [0.29, 0.717) is 29.4 Å². The highest BCUT2D eigenvalue weighted by Crippen LogP contribution is 2.27. The first-order valence-electron chi connectivity index (χ1n) is 8.42. The number of piperidine rings is 1. The molecule has 2 aromatic heterocycles. The van der Waals surface area contributed by atoms with Gasteiger partial charge in [-0.25, -0.2) is 13.1 Å². The van der Waals surface area contributed by atoms with E-state index in [2.05, 4.69) is 10.4 Å². The number of hydrogen-bond donors (Lipinski definition) is 2. The van der Waals surface area contributed by atoms with Crippen molar-refractivity contribution in [3.8, 4) is 5.88 Å². The van der Waals surface area contributed by atoms with Crippen LogP contribution in [0.25, 0.3) is 0 Å². The summed E-state index contributed by atoms with van der Waals surface area (Å²) >= 11 is 1.17. The highest BCUT2D eigenvalue weighted by atomic mass is 32.2. The van der Waals surface area contributed by atoms with Crippen LogP contribution < -0.4 is 5.32 Å². The second-order valence-corrected chi connectivity index (χ2v) is 9.66. The van der Waals surface area contributed by atoms with Crippen LogP contribution in [0.2, 0.25) is 0 Å². The van der Waals surface area contributed by atoms with Gasteiger partial charge in [0.15, 0.2) is 0 Å². The first-order chi connectivity index (χ1) is 12.3. The van der Waals surface area contributed by atoms with Gasteiger partial charge in [-0.15, -0.1) is 16.4 Å². The summed E-state index contributed by atoms with van der Waals surface area (Å²) in [4.78, 5) is 12.7. The molecule has 26 heavy (non-hydrogen) atoms. The van der Waals surface area contributed by atoms with Crippen LogP contribution in [0.4, 0.5) is 5.82 Å². The number of nitrogens with one attached hydrogen (secondary N) is 1. The molecule has 1 unspecified atom stereocenters. The summed E-state index contributed by atoms with van der Waals surface area (Å²) in [7, 11) is -3.56. The molecule has 1 saturated heterocycles. The van der Waals surface area contributed by atoms with Gasteiger partial charge in [-0.1, -0.05) is 6.07 Å². The summed E-state index contributed by atoms with van der Waals surface area (Å²) in [5.74, 6) is -0.477. The predicted octanol–water partition coefficient (Wildman–Crippen LogP) is 2.27. The van der Waals surface area contributed by atoms with E-state index in [9.17, 15) is 18.3 Å². The number of rotatable bonds is 5. The fourth-order valence-electron chi connectivity index (χ4n) is 3.01. The number of aromatic nitrogens is 2. The van der Waals surface area contributed by atoms with Crippen molar-refractivity contribution in [1.82, 2.24) is 14.1 Å². The zero-order valence-electron chi connectivity index (χ0n) is 14.6. The van der Waals surface area contributed by atoms with Crippen LogP contribution in [-0.2, 0) is 14.8 Å². The summed E-state index contributed by atoms with van der Waals surface area (Å²) < 4.78 is 28.6. The average Bonchev–Trinajstić information content (AvgIpc) is 3.25. The predicted molar refractivity (Wildman–Crippen MR) is 98.7 cm³/mol. The van der Waals surface area contributed by atoms with Gasteiger partial charge in [0, 0.05) is 25.2 Å². The minimum absolute atomic E-state index is 0.0340. The van der Waals surface area contributed by atoms with Crippen molar-refractivity contribution in [3.05, 3.63) is 23.6 Å². The normalized spacial score (nSPS) is 19.0. The largest absolute Gasteiger partial charge is 0.492 e. The van der Waals surface area contributed by atoms with Crippen molar-refractivity contribution in [2.45, 2.75) is 36.9 Å². The first kappa shape index (κ1) is 18.9. The van der Waals surface area contributed by atoms with Crippen molar-refractivity contribution in [2.75, 3.05) is 18.4 Å². The van der Waals surface area contributed by atoms with E-state index in [1.807, 2.05) is 13.8 Å². The van der Waals surface area contributed by atoms with Crippen LogP contribution in [0, 0.1) is 5.92 Å². The zero-order valence-corrected chi connectivity index (χ0v) is 16.3. The highest BCUT2D eigenvalue weighted by Gasteiger charge is 2.34. The molecule has 3 rings (SSSR count). The molecule has 0 bridgehead atoms. The summed E-state index contributed by atoms with van der Waals surface area (Å²) in [5, 5.41) is 18.0. The monoisotopic (exact) mass is 398 g/mol. The zero-order chi connectivity index (χ0) is 18.9. The Morgan fingerprint density at radius 3 is 2.88 bits per heavy atom. The van der Waals surface area contributed by atoms with Gasteiger partial charge in [-0.3, -0.25) is 4.79 Å². The lowest BCUT2D eigenvalue weighted by Gasteiger charge is -2.30. The van der Waals surface area contributed by atoms with Gasteiger partial charge in [0.25, 0.3) is 10.0 Å². The maximum absolute atomic E-state index is 12.7. The average molecular weight is 399 g/mol. The second-order valence-electron chi connectivity index (χ2n) is 6.55. The Hall–Kier alpha value is -1.91. The molecule has 142 valence electrons. The maximum atomic E-state index is 12.7. The molecule has 0 spiro atoms. The lowest BCUT2D eigenvalue weighted by atomic mass is 9.99. The van der Waals surface area contributed by atoms with E-state index in [1.165, 1.54) is 26.4 Å². The third kappa shape index (κ3) is 3.76. The van der Waals surface area contributed by atoms with E-state index in [4.69, 9.17) is 0 Å². The summed E-state index contributed by atoms with van der Waals surface area (Å²) in [6.07, 6.45) is 1.24. The molecular formula is C16H22N4O4S2. The van der Waals surface area contributed by atoms with Gasteiger partial charge in [0.2, 0.25) is 11.8 Å². The third-order valence-corrected chi connectivity index (χ3v) is 7.55. The van der Waals surface area contributed by atoms with Crippen molar-refractivity contribution in [1.29, 1.82) is 0 Å². The Balaban J connectivity index is 1.73. The number of anilines is 1. The number of aromatic hydroxyl groups is 1. The quantitative estimate of drug-likeness (QED) is 0.804. The smallest absolute Gasteiger partial charge is 0.252 e. The Bertz CT molecular complexity index is 874. The summed E-state index contributed by atoms with van der Waals surface area (Å²) in [6, 6.07) is 4.63. The molecule has 1 fully saturated rings. The molecule has 0 aliphatic carbocycles. The molecule has 0 aromatic carbocycles. The number of thiophene rings is 1. The SMILES string of the molecule is CC(C)n1nc(O)cc1NC(=O)C1CCCN(S(=O)(=O)c2cccs2)C1. The highest BCUT2D eigenvalue weighted by molar-refractivity contribution is 7.91. The van der Waals surface area contributed by atoms with Crippen LogP contribution in [-0.4, -0.2) is 46.6 Å². The lowest BCUT2D eigenvalue weighted by Crippen LogP contribution is -2.43. The molecule has 10 heteroatoms. The Labute approximate surface area is 156 Å². The van der Waals surface area contributed by atoms with E-state index in [1.54, 1.807) is 17.5 Å². The van der Waals surface area contributed by atoms with E-state index >= 15 is 0 Å². The fourth-order valence-corrected chi connectivity index (χ4v) is 5.68. The molecule has 8 nitrogen and oxygen atoms in total. The minimum Gasteiger partial charge on any atom is -0.492 e. The standard InChI is InChI=1S/C16H22N4O4S2/c1-11(2)20-13(9-14(21)18-20)17-16(22)12-5-3-7-19(10-12)26(23,24)15-6-4-8-25-15/h4,6,8-9,11-12H,3,5,7,10H2,1-2H3,(H,17,22)(H,18,21). The molecule has 1 aliphatic heterocycles. The summed E-state index contributed by atoms with van der Waals surface area (Å²) in [5.41, 5.74) is 0. The number of nitrogens with zero attached hydrogens (tertiary/aromatic N) is 3. The van der Waals surface area contributed by atoms with Gasteiger partial charge in [-0.2, -0.15) is 4.31 Å². The van der Waals surface area contributed by atoms with Crippen LogP contribution in [0.3, 0.4) is 0 Å². The third-order valence-electron chi connectivity index (χ3n) is 4.31. The molecule has 3 heterocycles. The lowest BCUT2D eigenvalue weighted by molar-refractivity contribution is -0.120. The second kappa shape index (κ2) is 7.37. The number of hydrogen-bond acceptors (Lipinski definition) is 6. The maximum Gasteiger partial charge on any atom is 0.252 e. The van der Waals surface area contributed by atoms with Crippen molar-refractivity contribution >= 4 is 33.1 Å². The molecular weight excluding hydrogens is 376 g/mol. The van der Waals surface area contributed by atoms with E-state index < -0.39 is 15.9 Å². The van der Waals surface area contributed by atoms with Crippen LogP contribution in [0.1, 0.15) is 32.7 Å². The van der Waals surface area contributed by atoms with Crippen molar-refractivity contribution < 1.29 is 18.3 Å². The molecule has 2 N–H and O–H groups in total. The topological polar surface area (TPSA) is 105 Å². The van der Waals surface area contributed by atoms with E-state index in [0.717, 1.165) is 0 Å². The number of amides is 1. The van der Waals surface area contributed by atoms with Gasteiger partial charge < -0.3 is 10.4 Å². The molecule has 1 aliphatic rings. The molecule has 0 saturated carbocycles. The van der Waals surface area contributed by atoms with Crippen LogP contribution in [0.5, 0.6) is 5.88 Å². The Morgan fingerprint density at radius 2 is 2.23 bits per heavy atom. The van der Waals surface area contributed by atoms with Gasteiger partial charge in [-0.05, 0) is 38.1 Å². The number of carbonyl (C=O) groups is 1. The van der Waals surface area contributed by atoms with Crippen LogP contribution in [0.15, 0.2) is 27.8 Å². The van der Waals surface area contributed by atoms with Gasteiger partial charge in [0.05, 0.1) is 5.92 Å². The first-order valence-corrected chi connectivity index (χ1v) is 10.7. The Kier molecular flexibility index (Phi) is 5.35. The molecule has 2 aromatic rings. The van der Waals surface area contributed by atoms with Crippen LogP contribution >= 0.6 is 11.3 Å². The summed E-state index contributed by atoms with van der Waals surface area (Å²) in [6.45, 7) is 4.33. The minimum atomic E-state index is -3.56. The number of sulfonamides is 1. The van der Waals surface area contributed by atoms with E-state index in [-0.39, 0.29) is 24.4 Å². The molecule has 0 radical (unpaired) electrons. The molecule has 1 atom stereocenters. The number of carbonyl (C=O) groups excluding carboxylic acids is 1. The van der Waals surface area contributed by atoms with Gasteiger partial charge in [0.1, 0.15) is 10.0 Å².